The van der Waals surface area contributed by atoms with Crippen LogP contribution in [0.1, 0.15) is 49.5 Å². The van der Waals surface area contributed by atoms with Gasteiger partial charge in [-0.2, -0.15) is 0 Å². The van der Waals surface area contributed by atoms with E-state index in [0.717, 1.165) is 24.3 Å². The fraction of sp³-hybridized carbons (Fsp3) is 0.571. The minimum atomic E-state index is -0.903. The molecule has 2 aromatic rings. The Balaban J connectivity index is 2.03. The van der Waals surface area contributed by atoms with Gasteiger partial charge in [-0.15, -0.1) is 11.3 Å². The van der Waals surface area contributed by atoms with Crippen molar-refractivity contribution in [2.45, 2.75) is 45.1 Å². The molecule has 2 heterocycles. The molecular weight excluding hydrogens is 274 g/mol. The minimum Gasteiger partial charge on any atom is -0.476 e. The van der Waals surface area contributed by atoms with Crippen molar-refractivity contribution < 1.29 is 9.90 Å². The number of rotatable bonds is 4. The number of thiazole rings is 1. The smallest absolute Gasteiger partial charge is 0.356 e. The van der Waals surface area contributed by atoms with Crippen LogP contribution in [0.5, 0.6) is 0 Å². The maximum atomic E-state index is 11.6. The van der Waals surface area contributed by atoms with Gasteiger partial charge in [-0.25, -0.2) is 9.78 Å². The van der Waals surface area contributed by atoms with E-state index in [2.05, 4.69) is 16.8 Å². The average molecular weight is 293 g/mol. The maximum Gasteiger partial charge on any atom is 0.356 e. The van der Waals surface area contributed by atoms with Crippen LogP contribution >= 0.6 is 11.3 Å². The fourth-order valence-electron chi connectivity index (χ4n) is 3.15. The van der Waals surface area contributed by atoms with Crippen LogP contribution in [0.25, 0.3) is 4.96 Å². The first-order chi connectivity index (χ1) is 9.72. The summed E-state index contributed by atoms with van der Waals surface area (Å²) in [5.41, 5.74) is 0.300. The summed E-state index contributed by atoms with van der Waals surface area (Å²) in [6.07, 6.45) is 7.81. The van der Waals surface area contributed by atoms with Crippen molar-refractivity contribution >= 4 is 28.1 Å². The highest BCUT2D eigenvalue weighted by molar-refractivity contribution is 7.15. The lowest BCUT2D eigenvalue weighted by atomic mass is 9.94. The first-order valence-electron chi connectivity index (χ1n) is 7.18. The Morgan fingerprint density at radius 3 is 2.90 bits per heavy atom. The number of aromatic nitrogens is 2. The summed E-state index contributed by atoms with van der Waals surface area (Å²) >= 11 is 1.48. The highest BCUT2D eigenvalue weighted by Crippen LogP contribution is 2.30. The molecule has 0 atom stereocenters. The van der Waals surface area contributed by atoms with E-state index in [4.69, 9.17) is 0 Å². The summed E-state index contributed by atoms with van der Waals surface area (Å²) in [4.78, 5) is 19.1. The van der Waals surface area contributed by atoms with Crippen LogP contribution in [0.3, 0.4) is 0 Å². The highest BCUT2D eigenvalue weighted by Gasteiger charge is 2.28. The number of hydrogen-bond acceptors (Lipinski definition) is 4. The molecule has 1 N–H and O–H groups in total. The molecule has 0 aliphatic heterocycles. The quantitative estimate of drug-likeness (QED) is 0.940. The van der Waals surface area contributed by atoms with E-state index < -0.39 is 5.97 Å². The van der Waals surface area contributed by atoms with Gasteiger partial charge >= 0.3 is 5.97 Å². The van der Waals surface area contributed by atoms with E-state index in [1.165, 1.54) is 30.6 Å². The van der Waals surface area contributed by atoms with Crippen LogP contribution in [0.2, 0.25) is 0 Å². The van der Waals surface area contributed by atoms with Crippen LogP contribution in [-0.4, -0.2) is 33.0 Å². The number of carboxylic acid groups (broad SMARTS) is 1. The van der Waals surface area contributed by atoms with Crippen molar-refractivity contribution in [1.82, 2.24) is 9.38 Å². The monoisotopic (exact) mass is 293 g/mol. The number of imidazole rings is 1. The second kappa shape index (κ2) is 5.44. The molecule has 3 rings (SSSR count). The molecule has 108 valence electrons. The molecule has 0 spiro atoms. The Morgan fingerprint density at radius 2 is 2.25 bits per heavy atom. The first-order valence-corrected chi connectivity index (χ1v) is 8.05. The molecule has 0 aromatic carbocycles. The summed E-state index contributed by atoms with van der Waals surface area (Å²) in [7, 11) is 0. The van der Waals surface area contributed by atoms with Gasteiger partial charge < -0.3 is 10.0 Å². The molecule has 1 fully saturated rings. The van der Waals surface area contributed by atoms with Crippen molar-refractivity contribution in [2.75, 3.05) is 11.4 Å². The van der Waals surface area contributed by atoms with Gasteiger partial charge in [0.1, 0.15) is 0 Å². The van der Waals surface area contributed by atoms with Crippen LogP contribution in [0, 0.1) is 0 Å². The lowest BCUT2D eigenvalue weighted by Gasteiger charge is -2.34. The van der Waals surface area contributed by atoms with E-state index in [1.54, 1.807) is 10.6 Å². The molecule has 0 saturated heterocycles. The molecule has 5 nitrogen and oxygen atoms in total. The molecule has 0 amide bonds. The summed E-state index contributed by atoms with van der Waals surface area (Å²) < 4.78 is 1.69. The van der Waals surface area contributed by atoms with Crippen LogP contribution in [-0.2, 0) is 0 Å². The maximum absolute atomic E-state index is 11.6. The molecule has 1 aliphatic carbocycles. The number of aromatic carboxylic acids is 1. The third-order valence-corrected chi connectivity index (χ3v) is 4.83. The second-order valence-corrected chi connectivity index (χ2v) is 6.10. The lowest BCUT2D eigenvalue weighted by molar-refractivity contribution is 0.0690. The fourth-order valence-corrected chi connectivity index (χ4v) is 3.86. The van der Waals surface area contributed by atoms with Gasteiger partial charge in [-0.1, -0.05) is 19.3 Å². The van der Waals surface area contributed by atoms with Gasteiger partial charge in [-0.05, 0) is 19.8 Å². The minimum absolute atomic E-state index is 0.300. The normalized spacial score (nSPS) is 16.6. The number of anilines is 1. The van der Waals surface area contributed by atoms with Gasteiger partial charge in [-0.3, -0.25) is 4.40 Å². The van der Waals surface area contributed by atoms with Gasteiger partial charge in [0.2, 0.25) is 0 Å². The molecule has 0 radical (unpaired) electrons. The van der Waals surface area contributed by atoms with Gasteiger partial charge in [0.05, 0.1) is 0 Å². The molecule has 6 heteroatoms. The van der Waals surface area contributed by atoms with Gasteiger partial charge in [0.15, 0.2) is 16.5 Å². The first kappa shape index (κ1) is 13.4. The highest BCUT2D eigenvalue weighted by atomic mass is 32.1. The standard InChI is InChI=1S/C14H19N3O2S/c1-2-16(10-6-4-3-5-7-10)12-11(13(18)19)17-8-9-20-14(17)15-12/h8-10H,2-7H2,1H3,(H,18,19). The van der Waals surface area contributed by atoms with E-state index in [9.17, 15) is 9.90 Å². The van der Waals surface area contributed by atoms with Crippen molar-refractivity contribution in [3.05, 3.63) is 17.3 Å². The third kappa shape index (κ3) is 2.18. The summed E-state index contributed by atoms with van der Waals surface area (Å²) in [5, 5.41) is 11.4. The van der Waals surface area contributed by atoms with E-state index in [-0.39, 0.29) is 0 Å². The zero-order valence-electron chi connectivity index (χ0n) is 11.6. The number of nitrogens with zero attached hydrogens (tertiary/aromatic N) is 3. The van der Waals surface area contributed by atoms with E-state index in [1.807, 2.05) is 5.38 Å². The van der Waals surface area contributed by atoms with E-state index in [0.29, 0.717) is 17.6 Å². The summed E-state index contributed by atoms with van der Waals surface area (Å²) in [6, 6.07) is 0.427. The molecule has 1 saturated carbocycles. The van der Waals surface area contributed by atoms with E-state index >= 15 is 0 Å². The zero-order valence-corrected chi connectivity index (χ0v) is 12.4. The van der Waals surface area contributed by atoms with Gasteiger partial charge in [0.25, 0.3) is 0 Å². The summed E-state index contributed by atoms with van der Waals surface area (Å²) in [5.74, 6) is -0.265. The lowest BCUT2D eigenvalue weighted by Crippen LogP contribution is -2.37. The number of carbonyl (C=O) groups is 1. The molecule has 20 heavy (non-hydrogen) atoms. The van der Waals surface area contributed by atoms with Gasteiger partial charge in [0, 0.05) is 24.2 Å². The van der Waals surface area contributed by atoms with Crippen molar-refractivity contribution in [3.63, 3.8) is 0 Å². The predicted octanol–water partition coefficient (Wildman–Crippen LogP) is 3.25. The topological polar surface area (TPSA) is 57.8 Å². The molecular formula is C14H19N3O2S. The van der Waals surface area contributed by atoms with Crippen LogP contribution in [0.15, 0.2) is 11.6 Å². The Kier molecular flexibility index (Phi) is 3.65. The van der Waals surface area contributed by atoms with Crippen molar-refractivity contribution in [2.24, 2.45) is 0 Å². The van der Waals surface area contributed by atoms with Crippen LogP contribution in [0.4, 0.5) is 5.82 Å². The molecule has 0 bridgehead atoms. The number of fused-ring (bicyclic) bond motifs is 1. The second-order valence-electron chi connectivity index (χ2n) is 5.22. The summed E-state index contributed by atoms with van der Waals surface area (Å²) in [6.45, 7) is 2.88. The largest absolute Gasteiger partial charge is 0.476 e. The predicted molar refractivity (Wildman–Crippen MR) is 79.9 cm³/mol. The van der Waals surface area contributed by atoms with Crippen LogP contribution < -0.4 is 4.90 Å². The number of hydrogen-bond donors (Lipinski definition) is 1. The Morgan fingerprint density at radius 1 is 1.50 bits per heavy atom. The SMILES string of the molecule is CCN(c1nc2sccn2c1C(=O)O)C1CCCCC1. The average Bonchev–Trinajstić information content (AvgIpc) is 3.01. The number of carboxylic acids is 1. The van der Waals surface area contributed by atoms with Crippen molar-refractivity contribution in [1.29, 1.82) is 0 Å². The third-order valence-electron chi connectivity index (χ3n) is 4.07. The zero-order chi connectivity index (χ0) is 14.1. The molecule has 1 aliphatic rings. The molecule has 2 aromatic heterocycles. The Bertz CT molecular complexity index is 613. The molecule has 0 unspecified atom stereocenters. The Hall–Kier alpha value is -1.56. The van der Waals surface area contributed by atoms with Crippen molar-refractivity contribution in [3.8, 4) is 0 Å². The Labute approximate surface area is 121 Å².